The molecule has 4 aromatic rings. The van der Waals surface area contributed by atoms with Gasteiger partial charge in [-0.15, -0.1) is 15.3 Å². The van der Waals surface area contributed by atoms with Crippen LogP contribution in [0.3, 0.4) is 0 Å². The lowest BCUT2D eigenvalue weighted by atomic mass is 10.3. The number of anilines is 1. The second kappa shape index (κ2) is 8.64. The molecule has 4 aromatic heterocycles. The summed E-state index contributed by atoms with van der Waals surface area (Å²) in [6.45, 7) is 4.06. The van der Waals surface area contributed by atoms with Gasteiger partial charge in [-0.1, -0.05) is 22.0 Å². The van der Waals surface area contributed by atoms with E-state index < -0.39 is 5.91 Å². The lowest BCUT2D eigenvalue weighted by molar-refractivity contribution is 0.102. The second-order valence-electron chi connectivity index (χ2n) is 6.85. The molecule has 0 aliphatic rings. The molecule has 0 unspecified atom stereocenters. The van der Waals surface area contributed by atoms with Gasteiger partial charge in [0.1, 0.15) is 23.4 Å². The maximum Gasteiger partial charge on any atom is 0.263 e. The van der Waals surface area contributed by atoms with E-state index in [1.807, 2.05) is 24.5 Å². The number of carbonyl (C=O) groups is 1. The van der Waals surface area contributed by atoms with Gasteiger partial charge in [-0.2, -0.15) is 0 Å². The van der Waals surface area contributed by atoms with Gasteiger partial charge < -0.3 is 14.6 Å². The standard InChI is InChI=1S/C20H19BrN8O2/c1-12(2)28-11-23-26-18(28)15-5-4-6-16(24-15)25-19(30)14-10-29(27-20(14)31-3)17-9-13(21)7-8-22-17/h4-12H,1-3H3,(H,24,25,30). The van der Waals surface area contributed by atoms with Crippen molar-refractivity contribution in [1.29, 1.82) is 0 Å². The summed E-state index contributed by atoms with van der Waals surface area (Å²) in [6.07, 6.45) is 4.85. The maximum atomic E-state index is 12.9. The Bertz CT molecular complexity index is 1230. The Kier molecular flexibility index (Phi) is 5.76. The Morgan fingerprint density at radius 3 is 2.84 bits per heavy atom. The van der Waals surface area contributed by atoms with E-state index in [9.17, 15) is 4.79 Å². The molecule has 158 valence electrons. The molecule has 31 heavy (non-hydrogen) atoms. The Morgan fingerprint density at radius 1 is 1.26 bits per heavy atom. The Morgan fingerprint density at radius 2 is 2.10 bits per heavy atom. The monoisotopic (exact) mass is 482 g/mol. The zero-order valence-electron chi connectivity index (χ0n) is 17.0. The SMILES string of the molecule is COc1nn(-c2cc(Br)ccn2)cc1C(=O)Nc1cccc(-c2nncn2C(C)C)n1. The van der Waals surface area contributed by atoms with E-state index in [1.54, 1.807) is 43.0 Å². The predicted octanol–water partition coefficient (Wildman–Crippen LogP) is 3.53. The molecule has 0 saturated heterocycles. The number of nitrogens with zero attached hydrogens (tertiary/aromatic N) is 7. The number of carbonyl (C=O) groups excluding carboxylic acids is 1. The third kappa shape index (κ3) is 4.31. The van der Waals surface area contributed by atoms with E-state index >= 15 is 0 Å². The molecule has 0 aliphatic carbocycles. The fourth-order valence-electron chi connectivity index (χ4n) is 2.92. The van der Waals surface area contributed by atoms with Gasteiger partial charge in [-0.25, -0.2) is 14.6 Å². The van der Waals surface area contributed by atoms with Gasteiger partial charge in [0.05, 0.1) is 7.11 Å². The van der Waals surface area contributed by atoms with Crippen LogP contribution in [0, 0.1) is 0 Å². The summed E-state index contributed by atoms with van der Waals surface area (Å²) in [7, 11) is 1.45. The number of aromatic nitrogens is 7. The molecule has 0 bridgehead atoms. The number of hydrogen-bond donors (Lipinski definition) is 1. The molecule has 1 N–H and O–H groups in total. The van der Waals surface area contributed by atoms with Crippen LogP contribution in [0.5, 0.6) is 5.88 Å². The predicted molar refractivity (Wildman–Crippen MR) is 117 cm³/mol. The molecular formula is C20H19BrN8O2. The molecule has 4 rings (SSSR count). The summed E-state index contributed by atoms with van der Waals surface area (Å²) in [5.74, 6) is 1.30. The first kappa shape index (κ1) is 20.7. The lowest BCUT2D eigenvalue weighted by Crippen LogP contribution is -2.14. The van der Waals surface area contributed by atoms with Gasteiger partial charge >= 0.3 is 0 Å². The number of amides is 1. The van der Waals surface area contributed by atoms with Gasteiger partial charge in [0.2, 0.25) is 5.88 Å². The fourth-order valence-corrected chi connectivity index (χ4v) is 3.24. The molecule has 0 aliphatic heterocycles. The van der Waals surface area contributed by atoms with Gasteiger partial charge in [0.15, 0.2) is 11.6 Å². The van der Waals surface area contributed by atoms with E-state index in [0.717, 1.165) is 4.47 Å². The number of methoxy groups -OCH3 is 1. The van der Waals surface area contributed by atoms with Crippen molar-refractivity contribution in [1.82, 2.24) is 34.5 Å². The van der Waals surface area contributed by atoms with Crippen molar-refractivity contribution in [2.45, 2.75) is 19.9 Å². The van der Waals surface area contributed by atoms with Crippen molar-refractivity contribution >= 4 is 27.7 Å². The first-order valence-corrected chi connectivity index (χ1v) is 10.2. The first-order chi connectivity index (χ1) is 15.0. The fraction of sp³-hybridized carbons (Fsp3) is 0.200. The van der Waals surface area contributed by atoms with Crippen LogP contribution in [0.25, 0.3) is 17.3 Å². The zero-order valence-corrected chi connectivity index (χ0v) is 18.6. The summed E-state index contributed by atoms with van der Waals surface area (Å²) in [5.41, 5.74) is 0.854. The van der Waals surface area contributed by atoms with E-state index in [2.05, 4.69) is 46.5 Å². The molecule has 0 saturated carbocycles. The zero-order chi connectivity index (χ0) is 22.0. The largest absolute Gasteiger partial charge is 0.479 e. The van der Waals surface area contributed by atoms with Crippen LogP contribution in [-0.2, 0) is 0 Å². The highest BCUT2D eigenvalue weighted by Crippen LogP contribution is 2.23. The number of rotatable bonds is 6. The summed E-state index contributed by atoms with van der Waals surface area (Å²) in [6, 6.07) is 9.07. The topological polar surface area (TPSA) is 113 Å². The molecule has 0 atom stereocenters. The van der Waals surface area contributed by atoms with Gasteiger partial charge in [-0.3, -0.25) is 4.79 Å². The molecular weight excluding hydrogens is 464 g/mol. The molecule has 0 aromatic carbocycles. The molecule has 0 fully saturated rings. The summed E-state index contributed by atoms with van der Waals surface area (Å²) in [4.78, 5) is 21.7. The minimum absolute atomic E-state index is 0.173. The van der Waals surface area contributed by atoms with Crippen LogP contribution in [0.15, 0.2) is 53.5 Å². The lowest BCUT2D eigenvalue weighted by Gasteiger charge is -2.10. The average Bonchev–Trinajstić information content (AvgIpc) is 3.41. The smallest absolute Gasteiger partial charge is 0.263 e. The van der Waals surface area contributed by atoms with Crippen molar-refractivity contribution in [2.75, 3.05) is 12.4 Å². The quantitative estimate of drug-likeness (QED) is 0.447. The average molecular weight is 483 g/mol. The first-order valence-electron chi connectivity index (χ1n) is 9.40. The van der Waals surface area contributed by atoms with Crippen LogP contribution in [-0.4, -0.2) is 47.5 Å². The van der Waals surface area contributed by atoms with Gasteiger partial charge in [0.25, 0.3) is 5.91 Å². The number of nitrogens with one attached hydrogen (secondary N) is 1. The van der Waals surface area contributed by atoms with Crippen LogP contribution < -0.4 is 10.1 Å². The number of ether oxygens (including phenoxy) is 1. The van der Waals surface area contributed by atoms with Crippen molar-refractivity contribution < 1.29 is 9.53 Å². The second-order valence-corrected chi connectivity index (χ2v) is 7.76. The highest BCUT2D eigenvalue weighted by Gasteiger charge is 2.20. The number of hydrogen-bond acceptors (Lipinski definition) is 7. The van der Waals surface area contributed by atoms with E-state index in [-0.39, 0.29) is 17.5 Å². The third-order valence-corrected chi connectivity index (χ3v) is 4.90. The van der Waals surface area contributed by atoms with Crippen molar-refractivity contribution in [2.24, 2.45) is 0 Å². The van der Waals surface area contributed by atoms with Crippen molar-refractivity contribution in [3.8, 4) is 23.2 Å². The molecule has 4 heterocycles. The number of halogens is 1. The van der Waals surface area contributed by atoms with Crippen molar-refractivity contribution in [3.63, 3.8) is 0 Å². The van der Waals surface area contributed by atoms with Crippen LogP contribution >= 0.6 is 15.9 Å². The summed E-state index contributed by atoms with van der Waals surface area (Å²) >= 11 is 3.40. The third-order valence-electron chi connectivity index (χ3n) is 4.41. The molecule has 11 heteroatoms. The van der Waals surface area contributed by atoms with Gasteiger partial charge in [-0.05, 0) is 38.1 Å². The maximum absolute atomic E-state index is 12.9. The van der Waals surface area contributed by atoms with Crippen LogP contribution in [0.4, 0.5) is 5.82 Å². The van der Waals surface area contributed by atoms with E-state index in [4.69, 9.17) is 4.74 Å². The minimum Gasteiger partial charge on any atom is -0.479 e. The molecule has 0 spiro atoms. The van der Waals surface area contributed by atoms with Crippen LogP contribution in [0.1, 0.15) is 30.2 Å². The Balaban J connectivity index is 1.61. The Labute approximate surface area is 186 Å². The Hall–Kier alpha value is -3.60. The normalized spacial score (nSPS) is 11.0. The van der Waals surface area contributed by atoms with Crippen LogP contribution in [0.2, 0.25) is 0 Å². The van der Waals surface area contributed by atoms with Crippen molar-refractivity contribution in [3.05, 3.63) is 59.1 Å². The van der Waals surface area contributed by atoms with E-state index in [1.165, 1.54) is 11.8 Å². The highest BCUT2D eigenvalue weighted by atomic mass is 79.9. The summed E-state index contributed by atoms with van der Waals surface area (Å²) < 4.78 is 9.52. The molecule has 1 amide bonds. The number of pyridine rings is 2. The summed E-state index contributed by atoms with van der Waals surface area (Å²) in [5, 5.41) is 15.2. The minimum atomic E-state index is -0.409. The molecule has 0 radical (unpaired) electrons. The van der Waals surface area contributed by atoms with Gasteiger partial charge in [0, 0.05) is 22.9 Å². The molecule has 10 nitrogen and oxygen atoms in total. The van der Waals surface area contributed by atoms with E-state index in [0.29, 0.717) is 23.2 Å². The highest BCUT2D eigenvalue weighted by molar-refractivity contribution is 9.10.